The normalized spacial score (nSPS) is 16.0. The van der Waals surface area contributed by atoms with Gasteiger partial charge in [0.15, 0.2) is 0 Å². The van der Waals surface area contributed by atoms with E-state index in [2.05, 4.69) is 0 Å². The standard InChI is InChI=1S/5CH4O2S.FH2O3P.Li/c5*1-4(2)3;1-5(2,3)4;/h5*1H3,(H,2,3);(H2,2,3,4);/q;;;;;;+1/p-1. The molecule has 13 nitrogen and oxygen atoms in total. The topological polar surface area (TPSA) is 247 Å². The first-order valence-electron chi connectivity index (χ1n) is 4.52. The molecule has 21 heteroatoms. The van der Waals surface area contributed by atoms with E-state index in [4.69, 9.17) is 58.2 Å². The summed E-state index contributed by atoms with van der Waals surface area (Å²) in [5, 5.41) is 0. The molecule has 26 heavy (non-hydrogen) atoms. The van der Waals surface area contributed by atoms with E-state index in [1.54, 1.807) is 0 Å². The van der Waals surface area contributed by atoms with Crippen molar-refractivity contribution in [2.24, 2.45) is 0 Å². The predicted octanol–water partition coefficient (Wildman–Crippen LogP) is -4.39. The van der Waals surface area contributed by atoms with Gasteiger partial charge in [-0.05, 0) is 0 Å². The van der Waals surface area contributed by atoms with Crippen LogP contribution in [-0.4, -0.2) is 80.0 Å². The van der Waals surface area contributed by atoms with Crippen LogP contribution < -0.4 is 23.8 Å². The Morgan fingerprint density at radius 3 is 0.654 bits per heavy atom. The zero-order valence-corrected chi connectivity index (χ0v) is 19.4. The monoisotopic (exact) mass is 506 g/mol. The third-order valence-electron chi connectivity index (χ3n) is 0. The first-order valence-corrected chi connectivity index (χ1v) is 13.6. The van der Waals surface area contributed by atoms with E-state index in [0.29, 0.717) is 0 Å². The van der Waals surface area contributed by atoms with Gasteiger partial charge in [0.05, 0.1) is 0 Å². The van der Waals surface area contributed by atoms with Crippen molar-refractivity contribution in [3.8, 4) is 0 Å². The van der Waals surface area contributed by atoms with Crippen LogP contribution in [0.25, 0.3) is 0 Å². The van der Waals surface area contributed by atoms with Crippen LogP contribution in [-0.2, 0) is 60.0 Å². The fraction of sp³-hybridized carbons (Fsp3) is 1.00. The van der Waals surface area contributed by atoms with Crippen LogP contribution in [0, 0.1) is 0 Å². The molecule has 0 saturated carbocycles. The maximum absolute atomic E-state index is 10.2. The van der Waals surface area contributed by atoms with E-state index >= 15 is 0 Å². The number of halogens is 1. The average molecular weight is 506 g/mol. The molecule has 0 aliphatic carbocycles. The summed E-state index contributed by atoms with van der Waals surface area (Å²) in [4.78, 5) is 15.4. The van der Waals surface area contributed by atoms with Crippen molar-refractivity contribution in [3.63, 3.8) is 0 Å². The van der Waals surface area contributed by atoms with Gasteiger partial charge in [-0.15, -0.1) is 0 Å². The Kier molecular flexibility index (Phi) is 59.5. The summed E-state index contributed by atoms with van der Waals surface area (Å²) < 4.78 is 102. The third-order valence-corrected chi connectivity index (χ3v) is 0. The van der Waals surface area contributed by atoms with Crippen LogP contribution in [0.5, 0.6) is 0 Å². The maximum atomic E-state index is 10.2. The predicted molar refractivity (Wildman–Crippen MR) is 94.4 cm³/mol. The number of hydrogen-bond acceptors (Lipinski definition) is 7. The van der Waals surface area contributed by atoms with E-state index in [1.165, 1.54) is 31.3 Å². The second-order valence-electron chi connectivity index (χ2n) is 2.57. The van der Waals surface area contributed by atoms with Crippen LogP contribution in [0.3, 0.4) is 0 Å². The summed E-state index contributed by atoms with van der Waals surface area (Å²) >= 11 is -8.06. The molecule has 0 radical (unpaired) electrons. The summed E-state index contributed by atoms with van der Waals surface area (Å²) in [6, 6.07) is 0. The van der Waals surface area contributed by atoms with Gasteiger partial charge in [0.25, 0.3) is 0 Å². The van der Waals surface area contributed by atoms with Crippen LogP contribution in [0.15, 0.2) is 0 Å². The molecule has 0 amide bonds. The van der Waals surface area contributed by atoms with Gasteiger partial charge in [0, 0.05) is 31.3 Å². The molecule has 6 atom stereocenters. The molecule has 162 valence electrons. The van der Waals surface area contributed by atoms with Gasteiger partial charge in [0.2, 0.25) is 0 Å². The Hall–Kier alpha value is 1.23. The largest absolute Gasteiger partial charge is 1.00 e. The Bertz CT molecular complexity index is 347. The molecule has 0 aromatic heterocycles. The molecule has 0 aromatic carbocycles. The van der Waals surface area contributed by atoms with Crippen LogP contribution in [0.4, 0.5) is 4.20 Å². The minimum atomic E-state index is -5.39. The zero-order chi connectivity index (χ0) is 22.4. The van der Waals surface area contributed by atoms with E-state index in [-0.39, 0.29) is 18.9 Å². The molecule has 0 heterocycles. The van der Waals surface area contributed by atoms with E-state index in [1.807, 2.05) is 0 Å². The summed E-state index contributed by atoms with van der Waals surface area (Å²) in [6.45, 7) is 0. The van der Waals surface area contributed by atoms with E-state index < -0.39 is 63.3 Å². The molecule has 0 aliphatic rings. The molecule has 0 spiro atoms. The molecule has 0 bridgehead atoms. The van der Waals surface area contributed by atoms with Crippen LogP contribution in [0.1, 0.15) is 0 Å². The fourth-order valence-corrected chi connectivity index (χ4v) is 0. The van der Waals surface area contributed by atoms with Gasteiger partial charge < -0.3 is 32.6 Å². The molecule has 0 aromatic rings. The fourth-order valence-electron chi connectivity index (χ4n) is 0. The maximum Gasteiger partial charge on any atom is 1.00 e. The quantitative estimate of drug-likeness (QED) is 0.103. The average Bonchev–Trinajstić information content (AvgIpc) is 2.06. The Labute approximate surface area is 175 Å². The minimum Gasteiger partial charge on any atom is -0.753 e. The van der Waals surface area contributed by atoms with Gasteiger partial charge in [-0.25, -0.2) is 21.0 Å². The minimum absolute atomic E-state index is 0. The summed E-state index contributed by atoms with van der Waals surface area (Å²) in [7, 11) is -5.39. The first kappa shape index (κ1) is 45.8. The number of rotatable bonds is 0. The van der Waals surface area contributed by atoms with Crippen molar-refractivity contribution in [2.75, 3.05) is 31.3 Å². The second-order valence-corrected chi connectivity index (χ2v) is 7.71. The molecule has 6 unspecified atom stereocenters. The van der Waals surface area contributed by atoms with Crippen LogP contribution in [0.2, 0.25) is 0 Å². The van der Waals surface area contributed by atoms with Crippen molar-refractivity contribution >= 4 is 63.3 Å². The Morgan fingerprint density at radius 2 is 0.654 bits per heavy atom. The number of hydrogen-bond donors (Lipinski definition) is 6. The van der Waals surface area contributed by atoms with Crippen molar-refractivity contribution < 1.29 is 81.2 Å². The van der Waals surface area contributed by atoms with Gasteiger partial charge in [-0.1, -0.05) is 0 Å². The van der Waals surface area contributed by atoms with Crippen LogP contribution >= 0.6 is 7.91 Å². The Morgan fingerprint density at radius 1 is 0.654 bits per heavy atom. The molecule has 6 N–H and O–H groups in total. The van der Waals surface area contributed by atoms with Gasteiger partial charge in [-0.3, -0.25) is 4.57 Å². The molecule has 0 saturated heterocycles. The van der Waals surface area contributed by atoms with Crippen molar-refractivity contribution in [1.82, 2.24) is 0 Å². The molecule has 0 aliphatic heterocycles. The molecule has 0 fully saturated rings. The van der Waals surface area contributed by atoms with Gasteiger partial charge >= 0.3 is 26.8 Å². The zero-order valence-electron chi connectivity index (χ0n) is 14.4. The van der Waals surface area contributed by atoms with E-state index in [0.717, 1.165) is 0 Å². The summed E-state index contributed by atoms with van der Waals surface area (Å²) in [6.07, 6.45) is 5.97. The molecular formula is C5H21FLiO13PS5. The van der Waals surface area contributed by atoms with Gasteiger partial charge in [-0.2, -0.15) is 4.20 Å². The Balaban J connectivity index is -0.0000000331. The molecular weight excluding hydrogens is 485 g/mol. The third kappa shape index (κ3) is 9830. The molecule has 0 rings (SSSR count). The summed E-state index contributed by atoms with van der Waals surface area (Å²) in [5.74, 6) is 0. The van der Waals surface area contributed by atoms with Crippen molar-refractivity contribution in [1.29, 1.82) is 0 Å². The smallest absolute Gasteiger partial charge is 0.753 e. The second kappa shape index (κ2) is 33.8. The van der Waals surface area contributed by atoms with E-state index in [9.17, 15) is 4.20 Å². The van der Waals surface area contributed by atoms with Crippen molar-refractivity contribution in [2.45, 2.75) is 0 Å². The van der Waals surface area contributed by atoms with Gasteiger partial charge in [0.1, 0.15) is 55.4 Å². The first-order chi connectivity index (χ1) is 10.7. The SMILES string of the molecule is CS(=O)O.CS(=O)O.CS(=O)O.CS(=O)O.CS(=O)O.O=P([O-])(O)F.[Li+]. The summed E-state index contributed by atoms with van der Waals surface area (Å²) in [5.41, 5.74) is 0. The van der Waals surface area contributed by atoms with Crippen molar-refractivity contribution in [3.05, 3.63) is 0 Å².